The van der Waals surface area contributed by atoms with E-state index in [1.54, 1.807) is 6.20 Å². The molecule has 1 aliphatic heterocycles. The maximum absolute atomic E-state index is 12.6. The number of pyridine rings is 1. The highest BCUT2D eigenvalue weighted by atomic mass is 16.2. The molecule has 1 aromatic heterocycles. The molecule has 2 heterocycles. The Morgan fingerprint density at radius 2 is 2.09 bits per heavy atom. The van der Waals surface area contributed by atoms with Crippen LogP contribution >= 0.6 is 0 Å². The first-order valence-electron chi connectivity index (χ1n) is 8.35. The predicted octanol–water partition coefficient (Wildman–Crippen LogP) is 1.41. The molecule has 3 rings (SSSR count). The Morgan fingerprint density at radius 3 is 2.68 bits per heavy atom. The average molecular weight is 302 g/mol. The summed E-state index contributed by atoms with van der Waals surface area (Å²) in [4.78, 5) is 21.2. The second kappa shape index (κ2) is 6.75. The van der Waals surface area contributed by atoms with E-state index >= 15 is 0 Å². The van der Waals surface area contributed by atoms with Crippen LogP contribution in [-0.2, 0) is 4.79 Å². The number of carbonyl (C=O) groups excluding carboxylic acids is 1. The van der Waals surface area contributed by atoms with Gasteiger partial charge in [-0.1, -0.05) is 12.5 Å². The van der Waals surface area contributed by atoms with Crippen LogP contribution in [0.1, 0.15) is 37.8 Å². The van der Waals surface area contributed by atoms with E-state index in [1.807, 2.05) is 17.2 Å². The topological polar surface area (TPSA) is 62.5 Å². The molecule has 0 unspecified atom stereocenters. The van der Waals surface area contributed by atoms with E-state index in [-0.39, 0.29) is 17.9 Å². The Morgan fingerprint density at radius 1 is 1.32 bits per heavy atom. The molecule has 0 bridgehead atoms. The van der Waals surface area contributed by atoms with Crippen LogP contribution in [0.2, 0.25) is 0 Å². The van der Waals surface area contributed by atoms with Crippen LogP contribution in [0.4, 0.5) is 0 Å². The van der Waals surface area contributed by atoms with Crippen LogP contribution < -0.4 is 5.73 Å². The lowest BCUT2D eigenvalue weighted by Gasteiger charge is -2.39. The molecule has 120 valence electrons. The van der Waals surface area contributed by atoms with Gasteiger partial charge >= 0.3 is 0 Å². The van der Waals surface area contributed by atoms with Gasteiger partial charge in [-0.3, -0.25) is 14.7 Å². The molecule has 2 aliphatic rings. The molecule has 1 saturated heterocycles. The molecule has 5 heteroatoms. The van der Waals surface area contributed by atoms with Crippen molar-refractivity contribution in [2.45, 2.75) is 38.3 Å². The zero-order valence-corrected chi connectivity index (χ0v) is 13.3. The number of piperazine rings is 1. The van der Waals surface area contributed by atoms with Gasteiger partial charge in [-0.25, -0.2) is 0 Å². The summed E-state index contributed by atoms with van der Waals surface area (Å²) in [6.07, 6.45) is 6.79. The predicted molar refractivity (Wildman–Crippen MR) is 86.1 cm³/mol. The van der Waals surface area contributed by atoms with E-state index in [0.717, 1.165) is 45.4 Å². The highest BCUT2D eigenvalue weighted by molar-refractivity contribution is 5.80. The number of hydrogen-bond donors (Lipinski definition) is 1. The van der Waals surface area contributed by atoms with E-state index in [9.17, 15) is 4.79 Å². The first-order chi connectivity index (χ1) is 10.7. The summed E-state index contributed by atoms with van der Waals surface area (Å²) in [5.41, 5.74) is 7.31. The molecular formula is C17H26N4O. The van der Waals surface area contributed by atoms with Gasteiger partial charge in [-0.2, -0.15) is 0 Å². The Kier molecular flexibility index (Phi) is 4.74. The highest BCUT2D eigenvalue weighted by Gasteiger charge is 2.34. The highest BCUT2D eigenvalue weighted by Crippen LogP contribution is 2.27. The SMILES string of the molecule is C[C@H](c1cccnc1)N1CCN(C(=O)[C@H]2CCC[C@H]2N)CC1. The number of nitrogens with two attached hydrogens (primary N) is 1. The summed E-state index contributed by atoms with van der Waals surface area (Å²) in [5, 5.41) is 0. The largest absolute Gasteiger partial charge is 0.340 e. The monoisotopic (exact) mass is 302 g/mol. The lowest BCUT2D eigenvalue weighted by molar-refractivity contribution is -0.137. The Balaban J connectivity index is 1.55. The summed E-state index contributed by atoms with van der Waals surface area (Å²) in [6.45, 7) is 5.67. The van der Waals surface area contributed by atoms with Crippen molar-refractivity contribution >= 4 is 5.91 Å². The zero-order valence-electron chi connectivity index (χ0n) is 13.3. The molecule has 1 saturated carbocycles. The van der Waals surface area contributed by atoms with E-state index in [4.69, 9.17) is 5.73 Å². The minimum Gasteiger partial charge on any atom is -0.340 e. The van der Waals surface area contributed by atoms with Crippen molar-refractivity contribution in [3.63, 3.8) is 0 Å². The number of rotatable bonds is 3. The molecule has 0 spiro atoms. The third-order valence-corrected chi connectivity index (χ3v) is 5.23. The molecule has 3 atom stereocenters. The van der Waals surface area contributed by atoms with Gasteiger partial charge in [-0.15, -0.1) is 0 Å². The normalized spacial score (nSPS) is 27.8. The van der Waals surface area contributed by atoms with Crippen molar-refractivity contribution in [1.29, 1.82) is 0 Å². The van der Waals surface area contributed by atoms with Gasteiger partial charge in [-0.05, 0) is 31.4 Å². The number of hydrogen-bond acceptors (Lipinski definition) is 4. The third-order valence-electron chi connectivity index (χ3n) is 5.23. The molecule has 2 fully saturated rings. The molecule has 1 aliphatic carbocycles. The number of carbonyl (C=O) groups is 1. The van der Waals surface area contributed by atoms with E-state index in [1.165, 1.54) is 5.56 Å². The van der Waals surface area contributed by atoms with Gasteiger partial charge in [0.25, 0.3) is 0 Å². The summed E-state index contributed by atoms with van der Waals surface area (Å²) < 4.78 is 0. The van der Waals surface area contributed by atoms with Crippen molar-refractivity contribution in [2.24, 2.45) is 11.7 Å². The fourth-order valence-electron chi connectivity index (χ4n) is 3.69. The average Bonchev–Trinajstić information content (AvgIpc) is 3.00. The van der Waals surface area contributed by atoms with E-state index < -0.39 is 0 Å². The van der Waals surface area contributed by atoms with Gasteiger partial charge in [0.15, 0.2) is 0 Å². The first-order valence-corrected chi connectivity index (χ1v) is 8.35. The fourth-order valence-corrected chi connectivity index (χ4v) is 3.69. The molecule has 0 radical (unpaired) electrons. The van der Waals surface area contributed by atoms with Gasteiger partial charge in [0.1, 0.15) is 0 Å². The fraction of sp³-hybridized carbons (Fsp3) is 0.647. The maximum atomic E-state index is 12.6. The van der Waals surface area contributed by atoms with Gasteiger partial charge < -0.3 is 10.6 Å². The van der Waals surface area contributed by atoms with Crippen LogP contribution in [-0.4, -0.2) is 52.9 Å². The maximum Gasteiger partial charge on any atom is 0.227 e. The van der Waals surface area contributed by atoms with Crippen LogP contribution in [0.15, 0.2) is 24.5 Å². The zero-order chi connectivity index (χ0) is 15.5. The molecule has 1 amide bonds. The Labute approximate surface area is 132 Å². The Bertz CT molecular complexity index is 499. The number of amides is 1. The standard InChI is InChI=1S/C17H26N4O/c1-13(14-4-3-7-19-12-14)20-8-10-21(11-9-20)17(22)15-5-2-6-16(15)18/h3-4,7,12-13,15-16H,2,5-6,8-11,18H2,1H3/t13-,15+,16-/m1/s1. The quantitative estimate of drug-likeness (QED) is 0.917. The third kappa shape index (κ3) is 3.15. The van der Waals surface area contributed by atoms with Crippen molar-refractivity contribution in [3.8, 4) is 0 Å². The summed E-state index contributed by atoms with van der Waals surface area (Å²) >= 11 is 0. The second-order valence-corrected chi connectivity index (χ2v) is 6.52. The molecule has 1 aromatic rings. The lowest BCUT2D eigenvalue weighted by atomic mass is 10.0. The lowest BCUT2D eigenvalue weighted by Crippen LogP contribution is -2.52. The summed E-state index contributed by atoms with van der Waals surface area (Å²) in [7, 11) is 0. The first kappa shape index (κ1) is 15.4. The second-order valence-electron chi connectivity index (χ2n) is 6.52. The number of nitrogens with zero attached hydrogens (tertiary/aromatic N) is 3. The minimum atomic E-state index is 0.0577. The summed E-state index contributed by atoms with van der Waals surface area (Å²) in [6, 6.07) is 4.51. The van der Waals surface area contributed by atoms with Crippen molar-refractivity contribution in [3.05, 3.63) is 30.1 Å². The summed E-state index contributed by atoms with van der Waals surface area (Å²) in [5.74, 6) is 0.334. The smallest absolute Gasteiger partial charge is 0.227 e. The van der Waals surface area contributed by atoms with Crippen LogP contribution in [0.3, 0.4) is 0 Å². The molecular weight excluding hydrogens is 276 g/mol. The molecule has 0 aromatic carbocycles. The van der Waals surface area contributed by atoms with Crippen LogP contribution in [0.5, 0.6) is 0 Å². The number of aromatic nitrogens is 1. The minimum absolute atomic E-state index is 0.0577. The van der Waals surface area contributed by atoms with Crippen LogP contribution in [0, 0.1) is 5.92 Å². The van der Waals surface area contributed by atoms with Crippen LogP contribution in [0.25, 0.3) is 0 Å². The van der Waals surface area contributed by atoms with Gasteiger partial charge in [0, 0.05) is 50.7 Å². The van der Waals surface area contributed by atoms with E-state index in [0.29, 0.717) is 6.04 Å². The van der Waals surface area contributed by atoms with Crippen molar-refractivity contribution in [2.75, 3.05) is 26.2 Å². The van der Waals surface area contributed by atoms with Gasteiger partial charge in [0.05, 0.1) is 5.92 Å². The van der Waals surface area contributed by atoms with Crippen molar-refractivity contribution in [1.82, 2.24) is 14.8 Å². The van der Waals surface area contributed by atoms with Crippen molar-refractivity contribution < 1.29 is 4.79 Å². The van der Waals surface area contributed by atoms with Gasteiger partial charge in [0.2, 0.25) is 5.91 Å². The molecule has 22 heavy (non-hydrogen) atoms. The van der Waals surface area contributed by atoms with E-state index in [2.05, 4.69) is 22.9 Å². The Hall–Kier alpha value is -1.46. The molecule has 5 nitrogen and oxygen atoms in total. The molecule has 2 N–H and O–H groups in total.